The first kappa shape index (κ1) is 16.8. The lowest BCUT2D eigenvalue weighted by Gasteiger charge is -2.23. The normalized spacial score (nSPS) is 21.1. The van der Waals surface area contributed by atoms with Crippen LogP contribution in [0, 0.1) is 11.8 Å². The molecule has 0 spiro atoms. The minimum absolute atomic E-state index is 0.363. The molecule has 1 aliphatic rings. The average molecular weight is 309 g/mol. The summed E-state index contributed by atoms with van der Waals surface area (Å²) < 4.78 is 0. The summed E-state index contributed by atoms with van der Waals surface area (Å²) in [4.78, 5) is 2.62. The van der Waals surface area contributed by atoms with Crippen molar-refractivity contribution in [3.63, 3.8) is 0 Å². The van der Waals surface area contributed by atoms with Crippen molar-refractivity contribution in [2.45, 2.75) is 39.7 Å². The van der Waals surface area contributed by atoms with Crippen LogP contribution < -0.4 is 5.32 Å². The van der Waals surface area contributed by atoms with Crippen LogP contribution in [0.2, 0.25) is 5.02 Å². The van der Waals surface area contributed by atoms with Crippen molar-refractivity contribution in [3.05, 3.63) is 34.9 Å². The van der Waals surface area contributed by atoms with E-state index in [1.54, 1.807) is 0 Å². The summed E-state index contributed by atoms with van der Waals surface area (Å²) in [5.41, 5.74) is 1.24. The van der Waals surface area contributed by atoms with Gasteiger partial charge in [-0.2, -0.15) is 0 Å². The smallest absolute Gasteiger partial charge is 0.0453 e. The maximum absolute atomic E-state index is 6.36. The van der Waals surface area contributed by atoms with E-state index in [2.05, 4.69) is 43.1 Å². The van der Waals surface area contributed by atoms with Crippen LogP contribution >= 0.6 is 11.6 Å². The van der Waals surface area contributed by atoms with E-state index in [1.807, 2.05) is 12.1 Å². The lowest BCUT2D eigenvalue weighted by molar-refractivity contribution is 0.285. The highest BCUT2D eigenvalue weighted by atomic mass is 35.5. The Morgan fingerprint density at radius 3 is 2.71 bits per heavy atom. The van der Waals surface area contributed by atoms with Gasteiger partial charge in [-0.05, 0) is 55.9 Å². The van der Waals surface area contributed by atoms with E-state index in [-0.39, 0.29) is 0 Å². The van der Waals surface area contributed by atoms with Crippen LogP contribution in [0.4, 0.5) is 0 Å². The quantitative estimate of drug-likeness (QED) is 0.805. The van der Waals surface area contributed by atoms with Crippen LogP contribution in [0.25, 0.3) is 0 Å². The maximum atomic E-state index is 6.36. The van der Waals surface area contributed by atoms with Crippen LogP contribution in [0.1, 0.15) is 45.2 Å². The largest absolute Gasteiger partial charge is 0.310 e. The lowest BCUT2D eigenvalue weighted by atomic mass is 9.95. The van der Waals surface area contributed by atoms with Crippen LogP contribution in [-0.2, 0) is 0 Å². The van der Waals surface area contributed by atoms with Gasteiger partial charge in [0.25, 0.3) is 0 Å². The Morgan fingerprint density at radius 2 is 2.10 bits per heavy atom. The van der Waals surface area contributed by atoms with Gasteiger partial charge in [-0.1, -0.05) is 50.6 Å². The minimum atomic E-state index is 0.363. The SMILES string of the molecule is CCNC(CCN1CCC(C(C)C)C1)c1ccccc1Cl. The highest BCUT2D eigenvalue weighted by Crippen LogP contribution is 2.27. The summed E-state index contributed by atoms with van der Waals surface area (Å²) in [5, 5.41) is 4.47. The van der Waals surface area contributed by atoms with Crippen molar-refractivity contribution >= 4 is 11.6 Å². The van der Waals surface area contributed by atoms with Gasteiger partial charge in [0.05, 0.1) is 0 Å². The second-order valence-electron chi connectivity index (χ2n) is 6.51. The van der Waals surface area contributed by atoms with E-state index in [1.165, 1.54) is 25.1 Å². The number of hydrogen-bond donors (Lipinski definition) is 1. The Balaban J connectivity index is 1.91. The molecule has 1 heterocycles. The molecule has 21 heavy (non-hydrogen) atoms. The molecular formula is C18H29ClN2. The van der Waals surface area contributed by atoms with Gasteiger partial charge in [-0.25, -0.2) is 0 Å². The monoisotopic (exact) mass is 308 g/mol. The second kappa shape index (κ2) is 8.17. The molecule has 0 aliphatic carbocycles. The number of benzene rings is 1. The fraction of sp³-hybridized carbons (Fsp3) is 0.667. The van der Waals surface area contributed by atoms with Crippen molar-refractivity contribution < 1.29 is 0 Å². The van der Waals surface area contributed by atoms with Gasteiger partial charge in [0, 0.05) is 17.6 Å². The van der Waals surface area contributed by atoms with Crippen molar-refractivity contribution in [2.24, 2.45) is 11.8 Å². The molecule has 0 amide bonds. The molecule has 1 N–H and O–H groups in total. The predicted molar refractivity (Wildman–Crippen MR) is 91.9 cm³/mol. The fourth-order valence-corrected chi connectivity index (χ4v) is 3.56. The standard InChI is InChI=1S/C18H29ClN2/c1-4-20-18(16-7-5-6-8-17(16)19)10-12-21-11-9-15(13-21)14(2)3/h5-8,14-15,18,20H,4,9-13H2,1-3H3. The topological polar surface area (TPSA) is 15.3 Å². The van der Waals surface area contributed by atoms with Gasteiger partial charge in [0.15, 0.2) is 0 Å². The molecule has 118 valence electrons. The number of halogens is 1. The molecule has 1 fully saturated rings. The number of rotatable bonds is 7. The van der Waals surface area contributed by atoms with Crippen LogP contribution in [0.15, 0.2) is 24.3 Å². The van der Waals surface area contributed by atoms with E-state index in [4.69, 9.17) is 11.6 Å². The molecule has 2 nitrogen and oxygen atoms in total. The molecule has 0 aromatic heterocycles. The molecule has 2 rings (SSSR count). The van der Waals surface area contributed by atoms with Crippen LogP contribution in [0.3, 0.4) is 0 Å². The first-order chi connectivity index (χ1) is 10.1. The number of hydrogen-bond acceptors (Lipinski definition) is 2. The summed E-state index contributed by atoms with van der Waals surface area (Å²) in [6.07, 6.45) is 2.48. The summed E-state index contributed by atoms with van der Waals surface area (Å²) >= 11 is 6.36. The molecule has 1 aromatic carbocycles. The van der Waals surface area contributed by atoms with Crippen LogP contribution in [-0.4, -0.2) is 31.1 Å². The molecule has 1 aliphatic heterocycles. The molecule has 1 aromatic rings. The van der Waals surface area contributed by atoms with Crippen molar-refractivity contribution in [3.8, 4) is 0 Å². The van der Waals surface area contributed by atoms with Gasteiger partial charge in [0.2, 0.25) is 0 Å². The van der Waals surface area contributed by atoms with E-state index < -0.39 is 0 Å². The Morgan fingerprint density at radius 1 is 1.33 bits per heavy atom. The zero-order chi connectivity index (χ0) is 15.2. The molecule has 2 atom stereocenters. The molecule has 2 unspecified atom stereocenters. The summed E-state index contributed by atoms with van der Waals surface area (Å²) in [7, 11) is 0. The van der Waals surface area contributed by atoms with Gasteiger partial charge in [-0.15, -0.1) is 0 Å². The maximum Gasteiger partial charge on any atom is 0.0453 e. The Labute approximate surface area is 134 Å². The third-order valence-electron chi connectivity index (χ3n) is 4.72. The number of likely N-dealkylation sites (tertiary alicyclic amines) is 1. The van der Waals surface area contributed by atoms with Gasteiger partial charge >= 0.3 is 0 Å². The molecule has 0 bridgehead atoms. The Kier molecular flexibility index (Phi) is 6.53. The number of nitrogens with one attached hydrogen (secondary N) is 1. The molecular weight excluding hydrogens is 280 g/mol. The Hall–Kier alpha value is -0.570. The first-order valence-electron chi connectivity index (χ1n) is 8.32. The van der Waals surface area contributed by atoms with Crippen molar-refractivity contribution in [2.75, 3.05) is 26.2 Å². The van der Waals surface area contributed by atoms with Crippen LogP contribution in [0.5, 0.6) is 0 Å². The lowest BCUT2D eigenvalue weighted by Crippen LogP contribution is -2.29. The zero-order valence-electron chi connectivity index (χ0n) is 13.6. The molecule has 0 radical (unpaired) electrons. The van der Waals surface area contributed by atoms with E-state index in [0.717, 1.165) is 36.4 Å². The van der Waals surface area contributed by atoms with Crippen molar-refractivity contribution in [1.82, 2.24) is 10.2 Å². The Bertz CT molecular complexity index is 433. The van der Waals surface area contributed by atoms with E-state index in [0.29, 0.717) is 6.04 Å². The second-order valence-corrected chi connectivity index (χ2v) is 6.92. The molecule has 1 saturated heterocycles. The van der Waals surface area contributed by atoms with Crippen molar-refractivity contribution in [1.29, 1.82) is 0 Å². The van der Waals surface area contributed by atoms with Gasteiger partial charge in [0.1, 0.15) is 0 Å². The molecule has 0 saturated carbocycles. The third-order valence-corrected chi connectivity index (χ3v) is 5.06. The third kappa shape index (κ3) is 4.70. The minimum Gasteiger partial charge on any atom is -0.310 e. The van der Waals surface area contributed by atoms with E-state index >= 15 is 0 Å². The summed E-state index contributed by atoms with van der Waals surface area (Å²) in [6.45, 7) is 11.5. The van der Waals surface area contributed by atoms with Gasteiger partial charge in [-0.3, -0.25) is 0 Å². The zero-order valence-corrected chi connectivity index (χ0v) is 14.4. The summed E-state index contributed by atoms with van der Waals surface area (Å²) in [5.74, 6) is 1.69. The first-order valence-corrected chi connectivity index (χ1v) is 8.69. The number of nitrogens with zero attached hydrogens (tertiary/aromatic N) is 1. The molecule has 3 heteroatoms. The highest BCUT2D eigenvalue weighted by Gasteiger charge is 2.25. The fourth-order valence-electron chi connectivity index (χ4n) is 3.29. The predicted octanol–water partition coefficient (Wildman–Crippen LogP) is 4.36. The highest BCUT2D eigenvalue weighted by molar-refractivity contribution is 6.31. The summed E-state index contributed by atoms with van der Waals surface area (Å²) in [6, 6.07) is 8.59. The van der Waals surface area contributed by atoms with E-state index in [9.17, 15) is 0 Å². The van der Waals surface area contributed by atoms with Gasteiger partial charge < -0.3 is 10.2 Å². The average Bonchev–Trinajstić information content (AvgIpc) is 2.93.